The molecule has 1 atom stereocenters. The minimum atomic E-state index is -4.14. The van der Waals surface area contributed by atoms with Gasteiger partial charge in [-0.25, -0.2) is 8.42 Å². The lowest BCUT2D eigenvalue weighted by atomic mass is 10.1. The number of aryl methyl sites for hydroxylation is 1. The van der Waals surface area contributed by atoms with E-state index in [4.69, 9.17) is 11.6 Å². The molecule has 2 amide bonds. The molecule has 0 aliphatic carbocycles. The van der Waals surface area contributed by atoms with Gasteiger partial charge in [0, 0.05) is 22.6 Å². The van der Waals surface area contributed by atoms with Gasteiger partial charge in [-0.15, -0.1) is 0 Å². The quantitative estimate of drug-likeness (QED) is 0.305. The number of nitrogens with one attached hydrogen (secondary N) is 1. The number of amides is 2. The SMILES string of the molecule is CCCNC(=O)[C@@H](C)N(Cc1cccc(Br)c1)C(=O)CN(c1cccc(Cl)c1)S(=O)(=O)c1ccc(C)cc1. The second-order valence-corrected chi connectivity index (χ2v) is 12.1. The normalized spacial score (nSPS) is 12.0. The number of carbonyl (C=O) groups is 2. The first-order chi connectivity index (χ1) is 18.0. The van der Waals surface area contributed by atoms with E-state index in [-0.39, 0.29) is 23.0 Å². The molecule has 202 valence electrons. The second kappa shape index (κ2) is 13.3. The molecule has 3 aromatic rings. The predicted molar refractivity (Wildman–Crippen MR) is 155 cm³/mol. The maximum atomic E-state index is 13.8. The number of hydrogen-bond acceptors (Lipinski definition) is 4. The molecule has 0 saturated heterocycles. The number of anilines is 1. The minimum absolute atomic E-state index is 0.0446. The van der Waals surface area contributed by atoms with Crippen LogP contribution in [0, 0.1) is 6.92 Å². The van der Waals surface area contributed by atoms with Gasteiger partial charge in [-0.05, 0) is 68.3 Å². The van der Waals surface area contributed by atoms with Crippen molar-refractivity contribution in [2.75, 3.05) is 17.4 Å². The molecule has 0 fully saturated rings. The Morgan fingerprint density at radius 1 is 1.03 bits per heavy atom. The van der Waals surface area contributed by atoms with Crippen molar-refractivity contribution in [3.05, 3.63) is 93.4 Å². The predicted octanol–water partition coefficient (Wildman–Crippen LogP) is 5.55. The summed E-state index contributed by atoms with van der Waals surface area (Å²) in [6.07, 6.45) is 0.745. The molecule has 0 aliphatic rings. The van der Waals surface area contributed by atoms with Crippen molar-refractivity contribution in [1.82, 2.24) is 10.2 Å². The summed E-state index contributed by atoms with van der Waals surface area (Å²) < 4.78 is 29.4. The van der Waals surface area contributed by atoms with Crippen LogP contribution in [0.25, 0.3) is 0 Å². The average molecular weight is 621 g/mol. The highest BCUT2D eigenvalue weighted by atomic mass is 79.9. The summed E-state index contributed by atoms with van der Waals surface area (Å²) in [5.41, 5.74) is 1.94. The Bertz CT molecular complexity index is 1380. The van der Waals surface area contributed by atoms with E-state index in [1.807, 2.05) is 38.1 Å². The molecule has 0 bridgehead atoms. The van der Waals surface area contributed by atoms with Gasteiger partial charge in [0.15, 0.2) is 0 Å². The molecule has 1 N–H and O–H groups in total. The van der Waals surface area contributed by atoms with Crippen LogP contribution in [0.3, 0.4) is 0 Å². The van der Waals surface area contributed by atoms with Crippen LogP contribution in [-0.4, -0.2) is 44.3 Å². The lowest BCUT2D eigenvalue weighted by Crippen LogP contribution is -2.51. The fraction of sp³-hybridized carbons (Fsp3) is 0.286. The van der Waals surface area contributed by atoms with Crippen LogP contribution in [0.1, 0.15) is 31.4 Å². The van der Waals surface area contributed by atoms with Gasteiger partial charge in [0.05, 0.1) is 10.6 Å². The van der Waals surface area contributed by atoms with Crippen LogP contribution < -0.4 is 9.62 Å². The number of benzene rings is 3. The van der Waals surface area contributed by atoms with E-state index in [0.717, 1.165) is 26.3 Å². The molecular formula is C28H31BrClN3O4S. The zero-order chi connectivity index (χ0) is 27.9. The summed E-state index contributed by atoms with van der Waals surface area (Å²) in [5, 5.41) is 3.16. The van der Waals surface area contributed by atoms with Crippen molar-refractivity contribution in [3.63, 3.8) is 0 Å². The van der Waals surface area contributed by atoms with Crippen molar-refractivity contribution in [3.8, 4) is 0 Å². The Morgan fingerprint density at radius 3 is 2.34 bits per heavy atom. The maximum absolute atomic E-state index is 13.8. The smallest absolute Gasteiger partial charge is 0.264 e. The molecule has 38 heavy (non-hydrogen) atoms. The first kappa shape index (κ1) is 29.7. The molecular weight excluding hydrogens is 590 g/mol. The van der Waals surface area contributed by atoms with Crippen LogP contribution in [0.4, 0.5) is 5.69 Å². The lowest BCUT2D eigenvalue weighted by molar-refractivity contribution is -0.139. The molecule has 7 nitrogen and oxygen atoms in total. The van der Waals surface area contributed by atoms with E-state index in [9.17, 15) is 18.0 Å². The zero-order valence-electron chi connectivity index (χ0n) is 21.5. The van der Waals surface area contributed by atoms with Crippen molar-refractivity contribution in [2.45, 2.75) is 44.7 Å². The molecule has 0 spiro atoms. The summed E-state index contributed by atoms with van der Waals surface area (Å²) >= 11 is 9.63. The Hall–Kier alpha value is -2.88. The number of rotatable bonds is 11. The Labute approximate surface area is 238 Å². The van der Waals surface area contributed by atoms with E-state index in [0.29, 0.717) is 11.6 Å². The van der Waals surface area contributed by atoms with Gasteiger partial charge in [-0.3, -0.25) is 13.9 Å². The lowest BCUT2D eigenvalue weighted by Gasteiger charge is -2.32. The zero-order valence-corrected chi connectivity index (χ0v) is 24.7. The molecule has 0 aromatic heterocycles. The summed E-state index contributed by atoms with van der Waals surface area (Å²) in [5.74, 6) is -0.842. The van der Waals surface area contributed by atoms with E-state index in [1.165, 1.54) is 23.1 Å². The molecule has 0 radical (unpaired) electrons. The second-order valence-electron chi connectivity index (χ2n) is 8.92. The molecule has 0 aliphatic heterocycles. The average Bonchev–Trinajstić information content (AvgIpc) is 2.88. The van der Waals surface area contributed by atoms with Gasteiger partial charge in [0.1, 0.15) is 12.6 Å². The van der Waals surface area contributed by atoms with Gasteiger partial charge in [0.25, 0.3) is 10.0 Å². The highest BCUT2D eigenvalue weighted by Gasteiger charge is 2.32. The third-order valence-corrected chi connectivity index (χ3v) is 8.46. The van der Waals surface area contributed by atoms with Crippen LogP contribution >= 0.6 is 27.5 Å². The monoisotopic (exact) mass is 619 g/mol. The third-order valence-electron chi connectivity index (χ3n) is 5.94. The first-order valence-electron chi connectivity index (χ1n) is 12.2. The number of hydrogen-bond donors (Lipinski definition) is 1. The Kier molecular flexibility index (Phi) is 10.4. The largest absolute Gasteiger partial charge is 0.354 e. The first-order valence-corrected chi connectivity index (χ1v) is 14.8. The summed E-state index contributed by atoms with van der Waals surface area (Å²) in [6, 6.07) is 19.3. The highest BCUT2D eigenvalue weighted by Crippen LogP contribution is 2.27. The van der Waals surface area contributed by atoms with Crippen LogP contribution in [-0.2, 0) is 26.2 Å². The number of nitrogens with zero attached hydrogens (tertiary/aromatic N) is 2. The Balaban J connectivity index is 2.02. The van der Waals surface area contributed by atoms with Gasteiger partial charge in [-0.1, -0.05) is 70.3 Å². The minimum Gasteiger partial charge on any atom is -0.354 e. The molecule has 0 saturated carbocycles. The number of halogens is 2. The van der Waals surface area contributed by atoms with Gasteiger partial charge >= 0.3 is 0 Å². The van der Waals surface area contributed by atoms with Gasteiger partial charge in [-0.2, -0.15) is 0 Å². The molecule has 0 unspecified atom stereocenters. The van der Waals surface area contributed by atoms with E-state index in [1.54, 1.807) is 37.3 Å². The number of sulfonamides is 1. The van der Waals surface area contributed by atoms with Crippen LogP contribution in [0.2, 0.25) is 5.02 Å². The summed E-state index contributed by atoms with van der Waals surface area (Å²) in [6.45, 7) is 5.51. The van der Waals surface area contributed by atoms with E-state index < -0.39 is 28.5 Å². The van der Waals surface area contributed by atoms with Crippen molar-refractivity contribution >= 4 is 55.1 Å². The van der Waals surface area contributed by atoms with Crippen LogP contribution in [0.5, 0.6) is 0 Å². The Morgan fingerprint density at radius 2 is 1.71 bits per heavy atom. The third kappa shape index (κ3) is 7.58. The fourth-order valence-electron chi connectivity index (χ4n) is 3.81. The van der Waals surface area contributed by atoms with E-state index >= 15 is 0 Å². The summed E-state index contributed by atoms with van der Waals surface area (Å²) in [7, 11) is -4.14. The molecule has 3 aromatic carbocycles. The molecule has 0 heterocycles. The molecule has 3 rings (SSSR count). The summed E-state index contributed by atoms with van der Waals surface area (Å²) in [4.78, 5) is 28.2. The highest BCUT2D eigenvalue weighted by molar-refractivity contribution is 9.10. The number of carbonyl (C=O) groups excluding carboxylic acids is 2. The van der Waals surface area contributed by atoms with Gasteiger partial charge < -0.3 is 10.2 Å². The standard InChI is InChI=1S/C28H31BrClN3O4S/c1-4-15-31-28(35)21(3)32(18-22-7-5-8-23(29)16-22)27(34)19-33(25-10-6-9-24(30)17-25)38(36,37)26-13-11-20(2)12-14-26/h5-14,16-17,21H,4,15,18-19H2,1-3H3,(H,31,35)/t21-/m1/s1. The van der Waals surface area contributed by atoms with Crippen molar-refractivity contribution < 1.29 is 18.0 Å². The molecule has 10 heteroatoms. The van der Waals surface area contributed by atoms with Crippen molar-refractivity contribution in [1.29, 1.82) is 0 Å². The topological polar surface area (TPSA) is 86.8 Å². The fourth-order valence-corrected chi connectivity index (χ4v) is 5.85. The van der Waals surface area contributed by atoms with Crippen molar-refractivity contribution in [2.24, 2.45) is 0 Å². The van der Waals surface area contributed by atoms with E-state index in [2.05, 4.69) is 21.2 Å². The van der Waals surface area contributed by atoms with Crippen LogP contribution in [0.15, 0.2) is 82.2 Å². The maximum Gasteiger partial charge on any atom is 0.264 e. The van der Waals surface area contributed by atoms with Gasteiger partial charge in [0.2, 0.25) is 11.8 Å².